The van der Waals surface area contributed by atoms with Crippen LogP contribution in [0.15, 0.2) is 27.3 Å². The standard InChI is InChI=1S/C13H15NO3S/c1-9-12(13(15)16)5-11(17-9)7-14(2)6-10-3-4-18-8-10/h3-5,8H,6-7H2,1-2H3,(H,15,16). The zero-order chi connectivity index (χ0) is 13.1. The number of hydrogen-bond donors (Lipinski definition) is 1. The van der Waals surface area contributed by atoms with E-state index in [2.05, 4.69) is 16.3 Å². The fourth-order valence-electron chi connectivity index (χ4n) is 1.85. The minimum Gasteiger partial charge on any atom is -0.478 e. The van der Waals surface area contributed by atoms with Crippen LogP contribution >= 0.6 is 11.3 Å². The van der Waals surface area contributed by atoms with Gasteiger partial charge >= 0.3 is 5.97 Å². The van der Waals surface area contributed by atoms with Crippen molar-refractivity contribution >= 4 is 17.3 Å². The van der Waals surface area contributed by atoms with Crippen LogP contribution in [0.4, 0.5) is 0 Å². The highest BCUT2D eigenvalue weighted by Gasteiger charge is 2.14. The molecule has 5 heteroatoms. The summed E-state index contributed by atoms with van der Waals surface area (Å²) in [5, 5.41) is 13.1. The molecule has 0 aliphatic carbocycles. The lowest BCUT2D eigenvalue weighted by atomic mass is 10.2. The quantitative estimate of drug-likeness (QED) is 0.903. The molecule has 2 aromatic heterocycles. The Bertz CT molecular complexity index is 530. The molecular formula is C13H15NO3S. The Morgan fingerprint density at radius 3 is 2.83 bits per heavy atom. The van der Waals surface area contributed by atoms with Gasteiger partial charge in [-0.05, 0) is 42.4 Å². The molecule has 2 rings (SSSR count). The normalized spacial score (nSPS) is 11.1. The van der Waals surface area contributed by atoms with Crippen LogP contribution in [0.3, 0.4) is 0 Å². The van der Waals surface area contributed by atoms with Crippen LogP contribution in [-0.2, 0) is 13.1 Å². The lowest BCUT2D eigenvalue weighted by Crippen LogP contribution is -2.16. The Hall–Kier alpha value is -1.59. The van der Waals surface area contributed by atoms with E-state index in [-0.39, 0.29) is 5.56 Å². The van der Waals surface area contributed by atoms with E-state index in [0.29, 0.717) is 18.1 Å². The highest BCUT2D eigenvalue weighted by Crippen LogP contribution is 2.17. The molecule has 0 bridgehead atoms. The summed E-state index contributed by atoms with van der Waals surface area (Å²) in [6.45, 7) is 3.10. The summed E-state index contributed by atoms with van der Waals surface area (Å²) in [7, 11) is 1.98. The van der Waals surface area contributed by atoms with Crippen molar-refractivity contribution in [3.05, 3.63) is 45.5 Å². The molecule has 1 N–H and O–H groups in total. The first-order valence-corrected chi connectivity index (χ1v) is 6.53. The number of hydrogen-bond acceptors (Lipinski definition) is 4. The molecule has 0 saturated carbocycles. The number of aryl methyl sites for hydroxylation is 1. The molecule has 0 spiro atoms. The minimum atomic E-state index is -0.942. The summed E-state index contributed by atoms with van der Waals surface area (Å²) in [5.74, 6) is 0.201. The van der Waals surface area contributed by atoms with Crippen molar-refractivity contribution in [2.45, 2.75) is 20.0 Å². The maximum Gasteiger partial charge on any atom is 0.339 e. The summed E-state index contributed by atoms with van der Waals surface area (Å²) in [6.07, 6.45) is 0. The van der Waals surface area contributed by atoms with Crippen molar-refractivity contribution in [2.75, 3.05) is 7.05 Å². The lowest BCUT2D eigenvalue weighted by Gasteiger charge is -2.13. The van der Waals surface area contributed by atoms with Crippen molar-refractivity contribution in [1.29, 1.82) is 0 Å². The summed E-state index contributed by atoms with van der Waals surface area (Å²) in [6, 6.07) is 3.68. The van der Waals surface area contributed by atoms with Gasteiger partial charge in [-0.3, -0.25) is 4.90 Å². The first kappa shape index (κ1) is 12.9. The van der Waals surface area contributed by atoms with Gasteiger partial charge < -0.3 is 9.52 Å². The molecular weight excluding hydrogens is 250 g/mol. The average Bonchev–Trinajstić information content (AvgIpc) is 2.88. The Morgan fingerprint density at radius 2 is 2.28 bits per heavy atom. The number of rotatable bonds is 5. The van der Waals surface area contributed by atoms with E-state index < -0.39 is 5.97 Å². The Morgan fingerprint density at radius 1 is 1.50 bits per heavy atom. The van der Waals surface area contributed by atoms with E-state index >= 15 is 0 Å². The molecule has 0 atom stereocenters. The maximum absolute atomic E-state index is 10.9. The number of furan rings is 1. The van der Waals surface area contributed by atoms with Gasteiger partial charge in [0.25, 0.3) is 0 Å². The Kier molecular flexibility index (Phi) is 3.84. The fraction of sp³-hybridized carbons (Fsp3) is 0.308. The minimum absolute atomic E-state index is 0.244. The zero-order valence-electron chi connectivity index (χ0n) is 10.3. The second-order valence-corrected chi connectivity index (χ2v) is 5.07. The van der Waals surface area contributed by atoms with E-state index in [9.17, 15) is 4.79 Å². The van der Waals surface area contributed by atoms with E-state index in [4.69, 9.17) is 9.52 Å². The molecule has 0 aromatic carbocycles. The number of aromatic carboxylic acids is 1. The zero-order valence-corrected chi connectivity index (χ0v) is 11.2. The summed E-state index contributed by atoms with van der Waals surface area (Å²) in [4.78, 5) is 13.0. The molecule has 4 nitrogen and oxygen atoms in total. The third-order valence-corrected chi connectivity index (χ3v) is 3.39. The van der Waals surface area contributed by atoms with Crippen molar-refractivity contribution in [3.8, 4) is 0 Å². The van der Waals surface area contributed by atoms with Gasteiger partial charge in [0.05, 0.1) is 6.54 Å². The van der Waals surface area contributed by atoms with E-state index in [0.717, 1.165) is 6.54 Å². The van der Waals surface area contributed by atoms with Crippen molar-refractivity contribution in [3.63, 3.8) is 0 Å². The van der Waals surface area contributed by atoms with Gasteiger partial charge in [0.2, 0.25) is 0 Å². The van der Waals surface area contributed by atoms with Gasteiger partial charge in [-0.2, -0.15) is 11.3 Å². The molecule has 0 unspecified atom stereocenters. The molecule has 0 aliphatic rings. The predicted molar refractivity (Wildman–Crippen MR) is 69.9 cm³/mol. The highest BCUT2D eigenvalue weighted by molar-refractivity contribution is 7.07. The SMILES string of the molecule is Cc1oc(CN(C)Cc2ccsc2)cc1C(=O)O. The molecule has 2 aromatic rings. The second-order valence-electron chi connectivity index (χ2n) is 4.29. The van der Waals surface area contributed by atoms with Crippen molar-refractivity contribution in [2.24, 2.45) is 0 Å². The van der Waals surface area contributed by atoms with Crippen LogP contribution in [0, 0.1) is 6.92 Å². The van der Waals surface area contributed by atoms with Crippen molar-refractivity contribution in [1.82, 2.24) is 4.90 Å². The number of carbonyl (C=O) groups is 1. The van der Waals surface area contributed by atoms with Crippen LogP contribution in [0.1, 0.15) is 27.4 Å². The summed E-state index contributed by atoms with van der Waals surface area (Å²) >= 11 is 1.67. The molecule has 0 amide bonds. The Labute approximate surface area is 109 Å². The van der Waals surface area contributed by atoms with Gasteiger partial charge in [-0.15, -0.1) is 0 Å². The summed E-state index contributed by atoms with van der Waals surface area (Å²) in [5.41, 5.74) is 1.50. The molecule has 0 saturated heterocycles. The van der Waals surface area contributed by atoms with Crippen LogP contribution in [0.2, 0.25) is 0 Å². The third kappa shape index (κ3) is 3.00. The average molecular weight is 265 g/mol. The number of carboxylic acid groups (broad SMARTS) is 1. The van der Waals surface area contributed by atoms with Crippen LogP contribution in [0.25, 0.3) is 0 Å². The largest absolute Gasteiger partial charge is 0.478 e. The first-order valence-electron chi connectivity index (χ1n) is 5.58. The van der Waals surface area contributed by atoms with E-state index in [1.165, 1.54) is 5.56 Å². The smallest absolute Gasteiger partial charge is 0.339 e. The first-order chi connectivity index (χ1) is 8.56. The Balaban J connectivity index is 2.01. The highest BCUT2D eigenvalue weighted by atomic mass is 32.1. The van der Waals surface area contributed by atoms with Gasteiger partial charge in [-0.1, -0.05) is 0 Å². The molecule has 18 heavy (non-hydrogen) atoms. The number of carboxylic acids is 1. The number of nitrogens with zero attached hydrogens (tertiary/aromatic N) is 1. The second kappa shape index (κ2) is 5.37. The van der Waals surface area contributed by atoms with Crippen molar-refractivity contribution < 1.29 is 14.3 Å². The van der Waals surface area contributed by atoms with E-state index in [1.54, 1.807) is 24.3 Å². The molecule has 2 heterocycles. The molecule has 0 aliphatic heterocycles. The van der Waals surface area contributed by atoms with E-state index in [1.807, 2.05) is 12.4 Å². The lowest BCUT2D eigenvalue weighted by molar-refractivity contribution is 0.0695. The van der Waals surface area contributed by atoms with Gasteiger partial charge in [0.15, 0.2) is 0 Å². The summed E-state index contributed by atoms with van der Waals surface area (Å²) < 4.78 is 5.45. The fourth-order valence-corrected chi connectivity index (χ4v) is 2.51. The van der Waals surface area contributed by atoms with Gasteiger partial charge in [0.1, 0.15) is 17.1 Å². The maximum atomic E-state index is 10.9. The van der Waals surface area contributed by atoms with Gasteiger partial charge in [-0.25, -0.2) is 4.79 Å². The molecule has 0 radical (unpaired) electrons. The van der Waals surface area contributed by atoms with Crippen LogP contribution in [0.5, 0.6) is 0 Å². The third-order valence-electron chi connectivity index (χ3n) is 2.66. The monoisotopic (exact) mass is 265 g/mol. The predicted octanol–water partition coefficient (Wildman–Crippen LogP) is 2.98. The topological polar surface area (TPSA) is 53.7 Å². The van der Waals surface area contributed by atoms with Crippen LogP contribution in [-0.4, -0.2) is 23.0 Å². The van der Waals surface area contributed by atoms with Crippen LogP contribution < -0.4 is 0 Å². The molecule has 96 valence electrons. The molecule has 0 fully saturated rings. The van der Waals surface area contributed by atoms with Gasteiger partial charge in [0, 0.05) is 6.54 Å². The number of thiophene rings is 1.